The topological polar surface area (TPSA) is 194 Å². The van der Waals surface area contributed by atoms with Crippen LogP contribution < -0.4 is 34.3 Å². The van der Waals surface area contributed by atoms with Crippen molar-refractivity contribution in [2.24, 2.45) is 0 Å². The Morgan fingerprint density at radius 2 is 1.38 bits per heavy atom. The molecule has 1 unspecified atom stereocenters. The predicted octanol–water partition coefficient (Wildman–Crippen LogP) is 4.32. The van der Waals surface area contributed by atoms with Gasteiger partial charge in [-0.3, -0.25) is 4.79 Å². The quantitative estimate of drug-likeness (QED) is 0.0841. The number of anilines is 1. The first-order chi connectivity index (χ1) is 25.3. The van der Waals surface area contributed by atoms with Crippen molar-refractivity contribution in [3.8, 4) is 51.3 Å². The molecule has 0 saturated carbocycles. The Hall–Kier alpha value is -5.80. The first-order valence-corrected chi connectivity index (χ1v) is 16.3. The number of hydrogen-bond acceptors (Lipinski definition) is 13. The van der Waals surface area contributed by atoms with Gasteiger partial charge in [0.15, 0.2) is 17.3 Å². The number of fused-ring (bicyclic) bond motifs is 1. The van der Waals surface area contributed by atoms with Gasteiger partial charge in [0.1, 0.15) is 36.6 Å². The van der Waals surface area contributed by atoms with Crippen molar-refractivity contribution in [1.82, 2.24) is 10.5 Å². The molecule has 14 heteroatoms. The maximum Gasteiger partial charge on any atom is 0.255 e. The fraction of sp³-hybridized carbons (Fsp3) is 0.263. The van der Waals surface area contributed by atoms with Crippen LogP contribution in [0.25, 0.3) is 22.6 Å². The van der Waals surface area contributed by atoms with Gasteiger partial charge in [0.2, 0.25) is 5.75 Å². The largest absolute Gasteiger partial charge is 0.497 e. The van der Waals surface area contributed by atoms with Crippen molar-refractivity contribution in [2.75, 3.05) is 39.9 Å². The molecular formula is C38H39N3O11. The minimum absolute atomic E-state index is 0.107. The Bertz CT molecular complexity index is 2010. The average Bonchev–Trinajstić information content (AvgIpc) is 3.69. The summed E-state index contributed by atoms with van der Waals surface area (Å²) < 4.78 is 34.2. The number of benzene rings is 4. The second-order valence-corrected chi connectivity index (χ2v) is 11.7. The molecule has 6 N–H and O–H groups in total. The van der Waals surface area contributed by atoms with Crippen molar-refractivity contribution in [3.05, 3.63) is 100 Å². The third-order valence-electron chi connectivity index (χ3n) is 8.71. The third kappa shape index (κ3) is 7.31. The summed E-state index contributed by atoms with van der Waals surface area (Å²) in [6.07, 6.45) is -0.515. The van der Waals surface area contributed by atoms with E-state index in [2.05, 4.69) is 15.8 Å². The van der Waals surface area contributed by atoms with Gasteiger partial charge in [-0.15, -0.1) is 0 Å². The molecule has 0 spiro atoms. The molecule has 272 valence electrons. The van der Waals surface area contributed by atoms with Gasteiger partial charge in [0.25, 0.3) is 5.91 Å². The van der Waals surface area contributed by atoms with E-state index in [9.17, 15) is 25.2 Å². The number of carbonyl (C=O) groups is 1. The number of aromatic nitrogens is 1. The highest BCUT2D eigenvalue weighted by atomic mass is 16.6. The second kappa shape index (κ2) is 16.0. The van der Waals surface area contributed by atoms with Crippen LogP contribution in [0.2, 0.25) is 0 Å². The number of nitrogens with one attached hydrogen (secondary N) is 2. The molecule has 6 rings (SSSR count). The standard InChI is InChI=1S/C38H39N3O11/c1-47-27-5-6-30-28(15-27)38(46)40-37(39-30)21-4-7-32(26(10-21)19-44)50-8-9-51-36-34(48-2)13-23(14-35(36)49-3)33-16-31(41-52-33)22-11-24(17-42)29(20-45)25(12-22)18-43/h4-7,10-16,37,39,42-45H,8-9,17-20H2,1-3H3,(H,40,46). The zero-order valence-electron chi connectivity index (χ0n) is 28.8. The van der Waals surface area contributed by atoms with Crippen molar-refractivity contribution in [1.29, 1.82) is 0 Å². The summed E-state index contributed by atoms with van der Waals surface area (Å²) >= 11 is 0. The minimum Gasteiger partial charge on any atom is -0.497 e. The van der Waals surface area contributed by atoms with Crippen LogP contribution in [0.3, 0.4) is 0 Å². The van der Waals surface area contributed by atoms with Crippen LogP contribution in [-0.2, 0) is 26.4 Å². The SMILES string of the molecule is COc1ccc2c(c1)C(=O)NC(c1ccc(OCCOc3c(OC)cc(-c4cc(-c5cc(CO)c(CO)c(CO)c5)no4)cc3OC)c(CO)c1)N2. The van der Waals surface area contributed by atoms with E-state index in [1.165, 1.54) is 14.2 Å². The number of nitrogens with zero attached hydrogens (tertiary/aromatic N) is 1. The molecule has 1 atom stereocenters. The van der Waals surface area contributed by atoms with Crippen LogP contribution >= 0.6 is 0 Å². The molecule has 14 nitrogen and oxygen atoms in total. The Morgan fingerprint density at radius 1 is 0.692 bits per heavy atom. The van der Waals surface area contributed by atoms with Gasteiger partial charge in [0.05, 0.1) is 53.3 Å². The number of ether oxygens (including phenoxy) is 5. The molecule has 4 aromatic carbocycles. The van der Waals surface area contributed by atoms with E-state index in [4.69, 9.17) is 28.2 Å². The van der Waals surface area contributed by atoms with Crippen molar-refractivity contribution < 1.29 is 53.4 Å². The van der Waals surface area contributed by atoms with E-state index in [0.29, 0.717) is 84.8 Å². The van der Waals surface area contributed by atoms with E-state index in [1.807, 2.05) is 6.07 Å². The molecule has 0 radical (unpaired) electrons. The molecule has 0 bridgehead atoms. The van der Waals surface area contributed by atoms with Crippen molar-refractivity contribution >= 4 is 11.6 Å². The lowest BCUT2D eigenvalue weighted by Crippen LogP contribution is -2.38. The Kier molecular flexibility index (Phi) is 11.1. The van der Waals surface area contributed by atoms with Gasteiger partial charge >= 0.3 is 0 Å². The van der Waals surface area contributed by atoms with Crippen LogP contribution in [0.4, 0.5) is 5.69 Å². The summed E-state index contributed by atoms with van der Waals surface area (Å²) in [6, 6.07) is 19.1. The van der Waals surface area contributed by atoms with E-state index < -0.39 is 6.17 Å². The van der Waals surface area contributed by atoms with Crippen LogP contribution in [0.15, 0.2) is 71.3 Å². The Morgan fingerprint density at radius 3 is 2.02 bits per heavy atom. The van der Waals surface area contributed by atoms with E-state index in [1.54, 1.807) is 67.8 Å². The molecule has 5 aromatic rings. The molecule has 1 aliphatic rings. The van der Waals surface area contributed by atoms with Crippen LogP contribution in [-0.4, -0.2) is 66.0 Å². The normalized spacial score (nSPS) is 13.5. The van der Waals surface area contributed by atoms with Gasteiger partial charge in [-0.05, 0) is 76.9 Å². The summed E-state index contributed by atoms with van der Waals surface area (Å²) in [6.45, 7) is -1.01. The van der Waals surface area contributed by atoms with Crippen molar-refractivity contribution in [3.63, 3.8) is 0 Å². The number of carbonyl (C=O) groups excluding carboxylic acids is 1. The fourth-order valence-electron chi connectivity index (χ4n) is 6.01. The predicted molar refractivity (Wildman–Crippen MR) is 188 cm³/mol. The van der Waals surface area contributed by atoms with Crippen LogP contribution in [0.1, 0.15) is 44.3 Å². The minimum atomic E-state index is -0.515. The molecule has 0 fully saturated rings. The molecule has 1 aromatic heterocycles. The van der Waals surface area contributed by atoms with Gasteiger partial charge in [-0.1, -0.05) is 11.2 Å². The first-order valence-electron chi connectivity index (χ1n) is 16.3. The lowest BCUT2D eigenvalue weighted by atomic mass is 9.97. The number of amides is 1. The van der Waals surface area contributed by atoms with Gasteiger partial charge in [-0.2, -0.15) is 0 Å². The maximum absolute atomic E-state index is 12.8. The van der Waals surface area contributed by atoms with E-state index in [0.717, 1.165) is 5.56 Å². The first kappa shape index (κ1) is 36.0. The molecule has 1 aliphatic heterocycles. The smallest absolute Gasteiger partial charge is 0.255 e. The number of methoxy groups -OCH3 is 3. The fourth-order valence-corrected chi connectivity index (χ4v) is 6.01. The molecule has 1 amide bonds. The molecular weight excluding hydrogens is 674 g/mol. The van der Waals surface area contributed by atoms with Crippen molar-refractivity contribution in [2.45, 2.75) is 32.6 Å². The molecule has 2 heterocycles. The third-order valence-corrected chi connectivity index (χ3v) is 8.71. The summed E-state index contributed by atoms with van der Waals surface area (Å²) in [7, 11) is 4.54. The maximum atomic E-state index is 12.8. The summed E-state index contributed by atoms with van der Waals surface area (Å²) in [5.41, 5.74) is 5.49. The lowest BCUT2D eigenvalue weighted by molar-refractivity contribution is 0.0935. The van der Waals surface area contributed by atoms with Gasteiger partial charge in [-0.25, -0.2) is 0 Å². The van der Waals surface area contributed by atoms with E-state index >= 15 is 0 Å². The number of rotatable bonds is 15. The highest BCUT2D eigenvalue weighted by Crippen LogP contribution is 2.42. The average molecular weight is 714 g/mol. The van der Waals surface area contributed by atoms with E-state index in [-0.39, 0.29) is 45.5 Å². The summed E-state index contributed by atoms with van der Waals surface area (Å²) in [5.74, 6) is 2.27. The summed E-state index contributed by atoms with van der Waals surface area (Å²) in [4.78, 5) is 12.8. The van der Waals surface area contributed by atoms with Crippen LogP contribution in [0.5, 0.6) is 28.7 Å². The highest BCUT2D eigenvalue weighted by Gasteiger charge is 2.26. The zero-order chi connectivity index (χ0) is 36.8. The molecule has 52 heavy (non-hydrogen) atoms. The van der Waals surface area contributed by atoms with Gasteiger partial charge in [0, 0.05) is 28.4 Å². The summed E-state index contributed by atoms with van der Waals surface area (Å²) in [5, 5.41) is 49.9. The second-order valence-electron chi connectivity index (χ2n) is 11.7. The molecule has 0 aliphatic carbocycles. The lowest BCUT2D eigenvalue weighted by Gasteiger charge is -2.29. The Balaban J connectivity index is 1.13. The highest BCUT2D eigenvalue weighted by molar-refractivity contribution is 6.02. The number of aliphatic hydroxyl groups is 4. The zero-order valence-corrected chi connectivity index (χ0v) is 28.8. The Labute approximate surface area is 299 Å². The molecule has 0 saturated heterocycles. The number of hydrogen-bond donors (Lipinski definition) is 6. The number of aliphatic hydroxyl groups excluding tert-OH is 4. The monoisotopic (exact) mass is 713 g/mol. The van der Waals surface area contributed by atoms with Crippen LogP contribution in [0, 0.1) is 0 Å². The van der Waals surface area contributed by atoms with Gasteiger partial charge < -0.3 is 59.3 Å².